The number of hydrogen-bond donors (Lipinski definition) is 2. The van der Waals surface area contributed by atoms with Gasteiger partial charge in [0.15, 0.2) is 5.96 Å². The molecule has 1 saturated heterocycles. The highest BCUT2D eigenvalue weighted by molar-refractivity contribution is 5.80. The smallest absolute Gasteiger partial charge is 0.234 e. The average molecular weight is 397 g/mol. The normalized spacial score (nSPS) is 20.2. The van der Waals surface area contributed by atoms with Gasteiger partial charge in [-0.2, -0.15) is 0 Å². The van der Waals surface area contributed by atoms with Crippen LogP contribution >= 0.6 is 0 Å². The molecule has 7 heteroatoms. The number of nitrogens with zero attached hydrogens (tertiary/aromatic N) is 4. The van der Waals surface area contributed by atoms with E-state index in [0.29, 0.717) is 12.6 Å². The van der Waals surface area contributed by atoms with Crippen LogP contribution in [-0.2, 0) is 11.3 Å². The van der Waals surface area contributed by atoms with E-state index in [9.17, 15) is 4.79 Å². The first kappa shape index (κ1) is 19.8. The number of hydrogen-bond acceptors (Lipinski definition) is 4. The van der Waals surface area contributed by atoms with Gasteiger partial charge in [-0.15, -0.1) is 0 Å². The Labute approximate surface area is 173 Å². The first-order valence-corrected chi connectivity index (χ1v) is 10.7. The molecule has 0 bridgehead atoms. The summed E-state index contributed by atoms with van der Waals surface area (Å²) >= 11 is 0. The lowest BCUT2D eigenvalue weighted by Crippen LogP contribution is -2.54. The number of piperazine rings is 1. The third-order valence-electron chi connectivity index (χ3n) is 5.76. The van der Waals surface area contributed by atoms with Crippen LogP contribution in [0.1, 0.15) is 18.4 Å². The molecule has 2 N–H and O–H groups in total. The van der Waals surface area contributed by atoms with E-state index in [0.717, 1.165) is 64.6 Å². The predicted molar refractivity (Wildman–Crippen MR) is 117 cm³/mol. The van der Waals surface area contributed by atoms with E-state index < -0.39 is 0 Å². The van der Waals surface area contributed by atoms with E-state index in [1.807, 2.05) is 7.05 Å². The molecular weight excluding hydrogens is 364 g/mol. The fraction of sp³-hybridized carbons (Fsp3) is 0.545. The Morgan fingerprint density at radius 1 is 1.07 bits per heavy atom. The summed E-state index contributed by atoms with van der Waals surface area (Å²) in [5.41, 5.74) is 2.52. The van der Waals surface area contributed by atoms with E-state index in [2.05, 4.69) is 66.7 Å². The highest BCUT2D eigenvalue weighted by Crippen LogP contribution is 2.19. The second kappa shape index (κ2) is 9.31. The van der Waals surface area contributed by atoms with E-state index in [1.54, 1.807) is 0 Å². The van der Waals surface area contributed by atoms with Crippen molar-refractivity contribution in [2.75, 3.05) is 57.8 Å². The highest BCUT2D eigenvalue weighted by Gasteiger charge is 2.25. The second-order valence-electron chi connectivity index (χ2n) is 8.05. The standard InChI is InChI=1S/C22H32N6O/c1-23-22(24-16-18-4-8-20(9-5-18)27-10-2-3-11-27)28-14-12-26(13-15-28)17-21(29)25-19-6-7-19/h2-5,8-9,19H,6-7,10-17H2,1H3,(H,23,24)(H,25,29). The van der Waals surface area contributed by atoms with Gasteiger partial charge in [-0.05, 0) is 30.5 Å². The summed E-state index contributed by atoms with van der Waals surface area (Å²) in [6, 6.07) is 9.19. The van der Waals surface area contributed by atoms with Crippen molar-refractivity contribution in [3.63, 3.8) is 0 Å². The maximum atomic E-state index is 12.0. The number of guanidine groups is 1. The van der Waals surface area contributed by atoms with Gasteiger partial charge in [0, 0.05) is 64.6 Å². The Morgan fingerprint density at radius 3 is 2.38 bits per heavy atom. The van der Waals surface area contributed by atoms with Crippen LogP contribution in [0.4, 0.5) is 5.69 Å². The summed E-state index contributed by atoms with van der Waals surface area (Å²) in [5.74, 6) is 1.09. The number of aliphatic imine (C=N–C) groups is 1. The third-order valence-corrected chi connectivity index (χ3v) is 5.76. The summed E-state index contributed by atoms with van der Waals surface area (Å²) in [7, 11) is 1.83. The molecule has 0 radical (unpaired) electrons. The lowest BCUT2D eigenvalue weighted by Gasteiger charge is -2.36. The van der Waals surface area contributed by atoms with Crippen molar-refractivity contribution < 1.29 is 4.79 Å². The van der Waals surface area contributed by atoms with Gasteiger partial charge in [-0.25, -0.2) is 0 Å². The van der Waals surface area contributed by atoms with Crippen LogP contribution in [-0.4, -0.2) is 80.6 Å². The molecule has 2 fully saturated rings. The van der Waals surface area contributed by atoms with Gasteiger partial charge in [0.1, 0.15) is 0 Å². The third kappa shape index (κ3) is 5.50. The Bertz CT molecular complexity index is 739. The molecule has 1 aromatic rings. The molecule has 1 amide bonds. The fourth-order valence-electron chi connectivity index (χ4n) is 3.85. The first-order chi connectivity index (χ1) is 14.2. The average Bonchev–Trinajstić information content (AvgIpc) is 3.38. The van der Waals surface area contributed by atoms with Gasteiger partial charge in [0.2, 0.25) is 5.91 Å². The lowest BCUT2D eigenvalue weighted by molar-refractivity contribution is -0.122. The minimum Gasteiger partial charge on any atom is -0.364 e. The molecule has 1 aromatic carbocycles. The number of carbonyl (C=O) groups excluding carboxylic acids is 1. The molecule has 1 saturated carbocycles. The molecule has 0 atom stereocenters. The molecule has 7 nitrogen and oxygen atoms in total. The van der Waals surface area contributed by atoms with Crippen molar-refractivity contribution in [3.8, 4) is 0 Å². The van der Waals surface area contributed by atoms with Gasteiger partial charge in [-0.3, -0.25) is 14.7 Å². The number of carbonyl (C=O) groups is 1. The predicted octanol–water partition coefficient (Wildman–Crippen LogP) is 1.03. The molecule has 4 rings (SSSR count). The van der Waals surface area contributed by atoms with Crippen molar-refractivity contribution >= 4 is 17.6 Å². The molecular formula is C22H32N6O. The monoisotopic (exact) mass is 396 g/mol. The SMILES string of the molecule is CN=C(NCc1ccc(N2CC=CC2)cc1)N1CCN(CC(=O)NC2CC2)CC1. The van der Waals surface area contributed by atoms with Gasteiger partial charge in [0.05, 0.1) is 6.54 Å². The molecule has 29 heavy (non-hydrogen) atoms. The van der Waals surface area contributed by atoms with Crippen molar-refractivity contribution in [3.05, 3.63) is 42.0 Å². The minimum atomic E-state index is 0.164. The van der Waals surface area contributed by atoms with Gasteiger partial charge in [-0.1, -0.05) is 24.3 Å². The Kier molecular flexibility index (Phi) is 6.34. The topological polar surface area (TPSA) is 63.2 Å². The van der Waals surface area contributed by atoms with Crippen molar-refractivity contribution in [2.24, 2.45) is 4.99 Å². The van der Waals surface area contributed by atoms with E-state index >= 15 is 0 Å². The molecule has 2 heterocycles. The van der Waals surface area contributed by atoms with Gasteiger partial charge >= 0.3 is 0 Å². The van der Waals surface area contributed by atoms with Crippen molar-refractivity contribution in [2.45, 2.75) is 25.4 Å². The molecule has 2 aliphatic heterocycles. The maximum Gasteiger partial charge on any atom is 0.234 e. The number of rotatable bonds is 6. The second-order valence-corrected chi connectivity index (χ2v) is 8.05. The molecule has 0 spiro atoms. The number of benzene rings is 1. The van der Waals surface area contributed by atoms with Crippen molar-refractivity contribution in [1.82, 2.24) is 20.4 Å². The lowest BCUT2D eigenvalue weighted by atomic mass is 10.2. The summed E-state index contributed by atoms with van der Waals surface area (Å²) in [4.78, 5) is 23.3. The minimum absolute atomic E-state index is 0.164. The van der Waals surface area contributed by atoms with E-state index in [1.165, 1.54) is 11.3 Å². The zero-order chi connectivity index (χ0) is 20.1. The van der Waals surface area contributed by atoms with Crippen LogP contribution in [0.15, 0.2) is 41.4 Å². The van der Waals surface area contributed by atoms with Crippen LogP contribution in [0.5, 0.6) is 0 Å². The number of nitrogens with one attached hydrogen (secondary N) is 2. The zero-order valence-electron chi connectivity index (χ0n) is 17.3. The van der Waals surface area contributed by atoms with Crippen LogP contribution in [0, 0.1) is 0 Å². The van der Waals surface area contributed by atoms with E-state index in [4.69, 9.17) is 0 Å². The molecule has 0 aromatic heterocycles. The molecule has 0 unspecified atom stereocenters. The highest BCUT2D eigenvalue weighted by atomic mass is 16.2. The summed E-state index contributed by atoms with van der Waals surface area (Å²) in [6.07, 6.45) is 6.69. The Balaban J connectivity index is 1.21. The fourth-order valence-corrected chi connectivity index (χ4v) is 3.85. The zero-order valence-corrected chi connectivity index (χ0v) is 17.3. The van der Waals surface area contributed by atoms with Crippen molar-refractivity contribution in [1.29, 1.82) is 0 Å². The quantitative estimate of drug-likeness (QED) is 0.427. The molecule has 3 aliphatic rings. The van der Waals surface area contributed by atoms with Crippen LogP contribution in [0.3, 0.4) is 0 Å². The first-order valence-electron chi connectivity index (χ1n) is 10.7. The summed E-state index contributed by atoms with van der Waals surface area (Å²) in [5, 5.41) is 6.56. The molecule has 1 aliphatic carbocycles. The molecule has 156 valence electrons. The van der Waals surface area contributed by atoms with Gasteiger partial charge < -0.3 is 20.4 Å². The number of anilines is 1. The van der Waals surface area contributed by atoms with Crippen LogP contribution < -0.4 is 15.5 Å². The van der Waals surface area contributed by atoms with Crippen LogP contribution in [0.25, 0.3) is 0 Å². The number of amides is 1. The summed E-state index contributed by atoms with van der Waals surface area (Å²) in [6.45, 7) is 6.81. The van der Waals surface area contributed by atoms with Crippen LogP contribution in [0.2, 0.25) is 0 Å². The summed E-state index contributed by atoms with van der Waals surface area (Å²) < 4.78 is 0. The maximum absolute atomic E-state index is 12.0. The Morgan fingerprint density at radius 2 is 1.76 bits per heavy atom. The Hall–Kier alpha value is -2.54. The van der Waals surface area contributed by atoms with Gasteiger partial charge in [0.25, 0.3) is 0 Å². The largest absolute Gasteiger partial charge is 0.364 e. The van der Waals surface area contributed by atoms with E-state index in [-0.39, 0.29) is 5.91 Å².